The zero-order chi connectivity index (χ0) is 36.0. The number of aromatic amines is 1. The van der Waals surface area contributed by atoms with E-state index < -0.39 is 90.3 Å². The highest BCUT2D eigenvalue weighted by molar-refractivity contribution is 7.48. The zero-order valence-electron chi connectivity index (χ0n) is 26.7. The lowest BCUT2D eigenvalue weighted by Gasteiger charge is -2.26. The van der Waals surface area contributed by atoms with Crippen LogP contribution in [0, 0.1) is 23.2 Å². The molecule has 50 heavy (non-hydrogen) atoms. The van der Waals surface area contributed by atoms with Crippen molar-refractivity contribution in [1.82, 2.24) is 29.5 Å². The van der Waals surface area contributed by atoms with E-state index in [2.05, 4.69) is 35.6 Å². The summed E-state index contributed by atoms with van der Waals surface area (Å²) in [7, 11) is -8.14. The molecule has 3 aromatic heterocycles. The predicted molar refractivity (Wildman–Crippen MR) is 169 cm³/mol. The number of hydrogen-bond donors (Lipinski definition) is 5. The van der Waals surface area contributed by atoms with Gasteiger partial charge in [0.15, 0.2) is 35.8 Å². The van der Waals surface area contributed by atoms with Gasteiger partial charge in [0.2, 0.25) is 5.95 Å². The number of nitriles is 1. The molecule has 23 heteroatoms. The lowest BCUT2D eigenvalue weighted by Crippen LogP contribution is -2.33. The van der Waals surface area contributed by atoms with E-state index in [0.717, 1.165) is 6.33 Å². The Morgan fingerprint density at radius 1 is 1.28 bits per heavy atom. The number of aliphatic hydroxyl groups is 1. The first kappa shape index (κ1) is 37.7. The van der Waals surface area contributed by atoms with Crippen LogP contribution in [0.25, 0.3) is 11.2 Å². The van der Waals surface area contributed by atoms with Gasteiger partial charge in [0.25, 0.3) is 5.56 Å². The van der Waals surface area contributed by atoms with Crippen LogP contribution in [0.1, 0.15) is 32.9 Å². The number of hydrogen-bond acceptors (Lipinski definition) is 16. The van der Waals surface area contributed by atoms with E-state index in [-0.39, 0.29) is 41.7 Å². The van der Waals surface area contributed by atoms with Crippen LogP contribution in [0.15, 0.2) is 29.7 Å². The van der Waals surface area contributed by atoms with Crippen LogP contribution in [0.4, 0.5) is 20.5 Å². The van der Waals surface area contributed by atoms with E-state index >= 15 is 8.78 Å². The average Bonchev–Trinajstić information content (AvgIpc) is 3.73. The molecule has 2 aliphatic rings. The molecule has 0 amide bonds. The third-order valence-corrected chi connectivity index (χ3v) is 9.73. The molecule has 5 rings (SSSR count). The SMILES string of the molecule is CC(C)CNc1nc2c(ncn2[C@@H]2O[C@H](CO)[C@@H](F)[C@H]2OP(=O)(OCCC#N)OC[C@H]2C[C@@H](Nc3ccncn3)[C@H](F)[C@@H]2O[P+](=O)O)c(=O)[nH]1. The van der Waals surface area contributed by atoms with Gasteiger partial charge in [-0.1, -0.05) is 13.8 Å². The summed E-state index contributed by atoms with van der Waals surface area (Å²) in [5, 5.41) is 24.8. The first-order chi connectivity index (χ1) is 23.9. The van der Waals surface area contributed by atoms with E-state index in [0.29, 0.717) is 6.54 Å². The molecule has 10 atom stereocenters. The van der Waals surface area contributed by atoms with Crippen LogP contribution in [0.3, 0.4) is 0 Å². The predicted octanol–water partition coefficient (Wildman–Crippen LogP) is 2.52. The molecule has 2 unspecified atom stereocenters. The van der Waals surface area contributed by atoms with Crippen molar-refractivity contribution >= 4 is 39.0 Å². The van der Waals surface area contributed by atoms with Gasteiger partial charge in [0.1, 0.15) is 24.4 Å². The lowest BCUT2D eigenvalue weighted by molar-refractivity contribution is -0.0523. The quantitative estimate of drug-likeness (QED) is 0.0982. The first-order valence-corrected chi connectivity index (χ1v) is 18.1. The fraction of sp³-hybridized carbons (Fsp3) is 0.630. The number of imidazole rings is 1. The number of aromatic nitrogens is 6. The number of ether oxygens (including phenoxy) is 1. The van der Waals surface area contributed by atoms with Crippen molar-refractivity contribution in [2.24, 2.45) is 11.8 Å². The molecule has 1 aliphatic heterocycles. The van der Waals surface area contributed by atoms with Gasteiger partial charge in [-0.25, -0.2) is 28.3 Å². The number of nitrogens with zero attached hydrogens (tertiary/aromatic N) is 6. The summed E-state index contributed by atoms with van der Waals surface area (Å²) in [4.78, 5) is 41.0. The first-order valence-electron chi connectivity index (χ1n) is 15.5. The topological polar surface area (TPSA) is 258 Å². The second-order valence-corrected chi connectivity index (χ2v) is 14.2. The summed E-state index contributed by atoms with van der Waals surface area (Å²) in [6, 6.07) is 2.29. The van der Waals surface area contributed by atoms with Gasteiger partial charge in [-0.2, -0.15) is 10.2 Å². The van der Waals surface area contributed by atoms with Crippen LogP contribution in [-0.4, -0.2) is 103 Å². The Balaban J connectivity index is 1.41. The fourth-order valence-electron chi connectivity index (χ4n) is 5.51. The van der Waals surface area contributed by atoms with Crippen molar-refractivity contribution < 1.29 is 50.7 Å². The smallest absolute Gasteiger partial charge is 0.394 e. The standard InChI is InChI=1S/C27H35F2N9O10P2/c1-14(2)9-32-27-36-24-21(25(40)37-27)34-13-38(24)26-23(20(29)17(10-39)46-26)48-50(43,44-7-3-5-30)45-11-15-8-16(19(28)22(15)47-49(41)42)35-18-4-6-31-12-33-18/h4,6,12-17,19-20,22-23,26,39H,3,7-11H2,1-2H3,(H3-,31,32,33,35,36,37,40,41,42)/p+1/t15-,16-,17-,19+,20-,22-,23-,26-,50?/m1/s1. The molecule has 272 valence electrons. The monoisotopic (exact) mass is 746 g/mol. The van der Waals surface area contributed by atoms with Gasteiger partial charge >= 0.3 is 16.1 Å². The number of nitrogens with one attached hydrogen (secondary N) is 3. The maximum Gasteiger partial charge on any atom is 0.695 e. The van der Waals surface area contributed by atoms with Crippen LogP contribution in [0.5, 0.6) is 0 Å². The van der Waals surface area contributed by atoms with Crippen LogP contribution in [0.2, 0.25) is 0 Å². The molecule has 4 heterocycles. The Labute approximate surface area is 284 Å². The second kappa shape index (κ2) is 16.6. The van der Waals surface area contributed by atoms with Gasteiger partial charge in [0.05, 0.1) is 44.7 Å². The van der Waals surface area contributed by atoms with Gasteiger partial charge in [0, 0.05) is 23.2 Å². The highest BCUT2D eigenvalue weighted by Crippen LogP contribution is 2.55. The molecule has 19 nitrogen and oxygen atoms in total. The largest absolute Gasteiger partial charge is 0.695 e. The van der Waals surface area contributed by atoms with Gasteiger partial charge in [-0.05, 0) is 18.4 Å². The Kier molecular flexibility index (Phi) is 12.5. The second-order valence-electron chi connectivity index (χ2n) is 11.9. The minimum atomic E-state index is -4.87. The van der Waals surface area contributed by atoms with E-state index in [1.165, 1.54) is 23.2 Å². The maximum absolute atomic E-state index is 15.9. The number of fused-ring (bicyclic) bond motifs is 1. The minimum Gasteiger partial charge on any atom is -0.394 e. The summed E-state index contributed by atoms with van der Waals surface area (Å²) >= 11 is 0. The number of aliphatic hydroxyl groups excluding tert-OH is 1. The van der Waals surface area contributed by atoms with E-state index in [1.807, 2.05) is 13.8 Å². The molecule has 0 aromatic carbocycles. The van der Waals surface area contributed by atoms with Crippen LogP contribution < -0.4 is 16.2 Å². The summed E-state index contributed by atoms with van der Waals surface area (Å²) in [5.74, 6) is -0.465. The Morgan fingerprint density at radius 3 is 2.76 bits per heavy atom. The molecule has 2 fully saturated rings. The summed E-state index contributed by atoms with van der Waals surface area (Å²) in [5.41, 5.74) is -0.794. The molecule has 1 saturated heterocycles. The molecular formula is C27H36F2N9O10P2+. The average molecular weight is 747 g/mol. The normalized spacial score (nSPS) is 28.1. The molecule has 0 bridgehead atoms. The van der Waals surface area contributed by atoms with Gasteiger partial charge < -0.3 is 20.5 Å². The van der Waals surface area contributed by atoms with Crippen molar-refractivity contribution in [3.8, 4) is 6.07 Å². The lowest BCUT2D eigenvalue weighted by atomic mass is 10.1. The number of H-pyrrole nitrogens is 1. The highest BCUT2D eigenvalue weighted by Gasteiger charge is 2.53. The van der Waals surface area contributed by atoms with Crippen molar-refractivity contribution in [3.05, 3.63) is 35.3 Å². The number of halogens is 2. The molecular weight excluding hydrogens is 710 g/mol. The molecule has 3 aromatic rings. The van der Waals surface area contributed by atoms with Crippen molar-refractivity contribution in [2.45, 2.75) is 69.6 Å². The maximum atomic E-state index is 15.9. The number of phosphoric acid groups is 1. The molecule has 1 aliphatic carbocycles. The summed E-state index contributed by atoms with van der Waals surface area (Å²) in [6.07, 6.45) is -6.91. The summed E-state index contributed by atoms with van der Waals surface area (Å²) in [6.45, 7) is 2.40. The van der Waals surface area contributed by atoms with Crippen LogP contribution in [-0.2, 0) is 32.0 Å². The number of phosphoric ester groups is 1. The minimum absolute atomic E-state index is 0.0502. The Hall–Kier alpha value is -3.57. The van der Waals surface area contributed by atoms with Crippen molar-refractivity contribution in [1.29, 1.82) is 5.26 Å². The van der Waals surface area contributed by atoms with E-state index in [1.54, 1.807) is 6.07 Å². The van der Waals surface area contributed by atoms with E-state index in [9.17, 15) is 23.9 Å². The molecule has 1 saturated carbocycles. The molecule has 5 N–H and O–H groups in total. The third kappa shape index (κ3) is 8.83. The highest BCUT2D eigenvalue weighted by atomic mass is 31.2. The van der Waals surface area contributed by atoms with Gasteiger partial charge in [-0.3, -0.25) is 27.9 Å². The third-order valence-electron chi connectivity index (χ3n) is 7.84. The Bertz CT molecular complexity index is 1770. The fourth-order valence-corrected chi connectivity index (χ4v) is 7.41. The number of rotatable bonds is 17. The Morgan fingerprint density at radius 2 is 2.08 bits per heavy atom. The van der Waals surface area contributed by atoms with Crippen LogP contribution >= 0.6 is 16.1 Å². The molecule has 0 radical (unpaired) electrons. The number of anilines is 2. The van der Waals surface area contributed by atoms with Crippen molar-refractivity contribution in [3.63, 3.8) is 0 Å². The van der Waals surface area contributed by atoms with Crippen molar-refractivity contribution in [2.75, 3.05) is 37.0 Å². The summed E-state index contributed by atoms with van der Waals surface area (Å²) < 4.78 is 85.6. The zero-order valence-corrected chi connectivity index (χ0v) is 28.5. The van der Waals surface area contributed by atoms with E-state index in [4.69, 9.17) is 28.1 Å². The number of alkyl halides is 2. The van der Waals surface area contributed by atoms with Gasteiger partial charge in [-0.15, -0.1) is 9.42 Å². The molecule has 0 spiro atoms.